The monoisotopic (exact) mass is 477 g/mol. The van der Waals surface area contributed by atoms with Gasteiger partial charge in [-0.2, -0.15) is 0 Å². The number of rotatable bonds is 11. The maximum Gasteiger partial charge on any atom is 0.315 e. The third-order valence-electron chi connectivity index (χ3n) is 7.85. The lowest BCUT2D eigenvalue weighted by Gasteiger charge is -2.59. The Hall–Kier alpha value is -2.84. The van der Waals surface area contributed by atoms with Gasteiger partial charge in [0.1, 0.15) is 17.3 Å². The van der Waals surface area contributed by atoms with Gasteiger partial charge in [0.15, 0.2) is 0 Å². The molecular formula is C25H35NO8. The van der Waals surface area contributed by atoms with E-state index in [0.29, 0.717) is 30.4 Å². The van der Waals surface area contributed by atoms with Crippen molar-refractivity contribution in [1.29, 1.82) is 0 Å². The Bertz CT molecular complexity index is 931. The van der Waals surface area contributed by atoms with Gasteiger partial charge in [0.2, 0.25) is 0 Å². The number of ether oxygens (including phenoxy) is 1. The van der Waals surface area contributed by atoms with Crippen LogP contribution in [0.4, 0.5) is 0 Å². The summed E-state index contributed by atoms with van der Waals surface area (Å²) in [6.45, 7) is 7.73. The number of Topliss-reactive ketones (excluding diaryl/α,β-unsaturated/α-hetero) is 1. The number of phenolic OH excluding ortho intramolecular Hbond substituents is 2. The average Bonchev–Trinajstić information content (AvgIpc) is 2.73. The van der Waals surface area contributed by atoms with E-state index >= 15 is 0 Å². The second-order valence-corrected chi connectivity index (χ2v) is 10.7. The third-order valence-corrected chi connectivity index (χ3v) is 7.85. The second kappa shape index (κ2) is 9.80. The van der Waals surface area contributed by atoms with Crippen LogP contribution >= 0.6 is 0 Å². The summed E-state index contributed by atoms with van der Waals surface area (Å²) < 4.78 is 5.41. The summed E-state index contributed by atoms with van der Waals surface area (Å²) in [5.41, 5.74) is -0.435. The molecular weight excluding hydrogens is 442 g/mol. The molecule has 1 aromatic rings. The van der Waals surface area contributed by atoms with Crippen LogP contribution in [0.25, 0.3) is 0 Å². The van der Waals surface area contributed by atoms with E-state index in [1.54, 1.807) is 13.8 Å². The molecule has 2 N–H and O–H groups in total. The number of hydrogen-bond acceptors (Lipinski definition) is 8. The first-order valence-corrected chi connectivity index (χ1v) is 11.9. The molecule has 3 atom stereocenters. The molecule has 0 aliphatic heterocycles. The van der Waals surface area contributed by atoms with Crippen molar-refractivity contribution >= 4 is 11.8 Å². The van der Waals surface area contributed by atoms with Crippen LogP contribution in [0, 0.1) is 27.4 Å². The zero-order chi connectivity index (χ0) is 25.3. The molecule has 3 saturated carbocycles. The molecule has 0 saturated heterocycles. The first kappa shape index (κ1) is 25.8. The van der Waals surface area contributed by atoms with Gasteiger partial charge in [-0.15, -0.1) is 10.1 Å². The van der Waals surface area contributed by atoms with E-state index in [4.69, 9.17) is 4.74 Å². The minimum Gasteiger partial charge on any atom is -0.508 e. The minimum atomic E-state index is -1.10. The normalized spacial score (nSPS) is 23.2. The molecule has 4 rings (SSSR count). The Balaban J connectivity index is 1.60. The quantitative estimate of drug-likeness (QED) is 0.207. The van der Waals surface area contributed by atoms with Crippen LogP contribution in [-0.2, 0) is 24.6 Å². The van der Waals surface area contributed by atoms with Gasteiger partial charge < -0.3 is 19.8 Å². The maximum atomic E-state index is 12.7. The standard InChI is InChI=1S/C25H35NO8/c1-24(2,23(30)33-9-7-5-6-8-10-34-26(31)32)15-11-20(28)22(21(29)12-15)16-13-19(27)18-14-17(16)25(18,3)4/h11-12,16-18,28-29H,5-10,13-14H2,1-4H3/t16-,17+,18+/m0/s1. The number of ketones is 1. The Morgan fingerprint density at radius 3 is 2.26 bits per heavy atom. The van der Waals surface area contributed by atoms with Gasteiger partial charge in [0, 0.05) is 23.8 Å². The van der Waals surface area contributed by atoms with Crippen molar-refractivity contribution in [2.24, 2.45) is 17.3 Å². The van der Waals surface area contributed by atoms with E-state index in [2.05, 4.69) is 18.7 Å². The Morgan fingerprint density at radius 1 is 1.15 bits per heavy atom. The number of nitrogens with zero attached hydrogens (tertiary/aromatic N) is 1. The number of esters is 1. The molecule has 188 valence electrons. The zero-order valence-electron chi connectivity index (χ0n) is 20.3. The fourth-order valence-electron chi connectivity index (χ4n) is 5.52. The van der Waals surface area contributed by atoms with Crippen LogP contribution in [0.15, 0.2) is 12.1 Å². The van der Waals surface area contributed by atoms with Crippen LogP contribution in [0.2, 0.25) is 0 Å². The number of hydrogen-bond donors (Lipinski definition) is 2. The van der Waals surface area contributed by atoms with E-state index in [1.165, 1.54) is 12.1 Å². The van der Waals surface area contributed by atoms with Crippen molar-refractivity contribution in [3.05, 3.63) is 33.4 Å². The summed E-state index contributed by atoms with van der Waals surface area (Å²) in [5, 5.41) is 31.0. The lowest BCUT2D eigenvalue weighted by atomic mass is 9.44. The van der Waals surface area contributed by atoms with E-state index < -0.39 is 16.5 Å². The van der Waals surface area contributed by atoms with Crippen LogP contribution in [0.1, 0.15) is 83.3 Å². The molecule has 0 amide bonds. The van der Waals surface area contributed by atoms with Gasteiger partial charge in [0.25, 0.3) is 5.09 Å². The molecule has 0 spiro atoms. The van der Waals surface area contributed by atoms with Crippen molar-refractivity contribution in [2.45, 2.75) is 77.6 Å². The molecule has 2 bridgehead atoms. The topological polar surface area (TPSA) is 136 Å². The van der Waals surface area contributed by atoms with Crippen LogP contribution in [0.3, 0.4) is 0 Å². The smallest absolute Gasteiger partial charge is 0.315 e. The SMILES string of the molecule is CC(C)(C(=O)OCCCCCCO[N+](=O)[O-])c1cc(O)c([C@H]2CC(=O)[C@H]3C[C@H]2C3(C)C)c(O)c1. The number of aromatic hydroxyl groups is 2. The predicted molar refractivity (Wildman–Crippen MR) is 123 cm³/mol. The molecule has 0 unspecified atom stereocenters. The van der Waals surface area contributed by atoms with E-state index in [0.717, 1.165) is 19.3 Å². The van der Waals surface area contributed by atoms with E-state index in [-0.39, 0.29) is 53.7 Å². The lowest BCUT2D eigenvalue weighted by molar-refractivity contribution is -0.757. The number of fused-ring (bicyclic) bond motifs is 2. The summed E-state index contributed by atoms with van der Waals surface area (Å²) in [5.74, 6) is -0.491. The number of carbonyl (C=O) groups is 2. The van der Waals surface area contributed by atoms with Crippen LogP contribution in [-0.4, -0.2) is 40.3 Å². The Morgan fingerprint density at radius 2 is 1.74 bits per heavy atom. The highest BCUT2D eigenvalue weighted by Crippen LogP contribution is 2.64. The van der Waals surface area contributed by atoms with Crippen molar-refractivity contribution in [3.63, 3.8) is 0 Å². The van der Waals surface area contributed by atoms with Crippen molar-refractivity contribution < 1.29 is 34.5 Å². The van der Waals surface area contributed by atoms with Crippen molar-refractivity contribution in [2.75, 3.05) is 13.2 Å². The fraction of sp³-hybridized carbons (Fsp3) is 0.680. The largest absolute Gasteiger partial charge is 0.508 e. The van der Waals surface area contributed by atoms with Gasteiger partial charge in [0.05, 0.1) is 18.6 Å². The summed E-state index contributed by atoms with van der Waals surface area (Å²) >= 11 is 0. The highest BCUT2D eigenvalue weighted by Gasteiger charge is 2.59. The minimum absolute atomic E-state index is 0.0522. The summed E-state index contributed by atoms with van der Waals surface area (Å²) in [6.07, 6.45) is 3.71. The fourth-order valence-corrected chi connectivity index (χ4v) is 5.52. The average molecular weight is 478 g/mol. The van der Waals surface area contributed by atoms with Crippen molar-refractivity contribution in [3.8, 4) is 11.5 Å². The molecule has 34 heavy (non-hydrogen) atoms. The van der Waals surface area contributed by atoms with E-state index in [9.17, 15) is 29.9 Å². The van der Waals surface area contributed by atoms with Crippen LogP contribution < -0.4 is 0 Å². The van der Waals surface area contributed by atoms with Gasteiger partial charge in [-0.05, 0) is 68.6 Å². The van der Waals surface area contributed by atoms with Gasteiger partial charge in [-0.1, -0.05) is 20.3 Å². The third kappa shape index (κ3) is 4.98. The number of carbonyl (C=O) groups excluding carboxylic acids is 2. The highest BCUT2D eigenvalue weighted by molar-refractivity contribution is 5.86. The highest BCUT2D eigenvalue weighted by atomic mass is 16.9. The molecule has 1 aromatic carbocycles. The Labute approximate surface area is 199 Å². The van der Waals surface area contributed by atoms with Crippen LogP contribution in [0.5, 0.6) is 11.5 Å². The summed E-state index contributed by atoms with van der Waals surface area (Å²) in [7, 11) is 0. The van der Waals surface area contributed by atoms with Gasteiger partial charge >= 0.3 is 5.97 Å². The predicted octanol–water partition coefficient (Wildman–Crippen LogP) is 4.41. The molecule has 0 radical (unpaired) electrons. The molecule has 3 fully saturated rings. The molecule has 9 heteroatoms. The first-order valence-electron chi connectivity index (χ1n) is 11.9. The summed E-state index contributed by atoms with van der Waals surface area (Å²) in [6, 6.07) is 2.99. The molecule has 3 aliphatic rings. The van der Waals surface area contributed by atoms with Gasteiger partial charge in [-0.3, -0.25) is 9.59 Å². The molecule has 9 nitrogen and oxygen atoms in total. The first-order chi connectivity index (χ1) is 15.9. The molecule has 0 aromatic heterocycles. The molecule has 3 aliphatic carbocycles. The van der Waals surface area contributed by atoms with E-state index in [1.807, 2.05) is 0 Å². The number of benzene rings is 1. The second-order valence-electron chi connectivity index (χ2n) is 10.7. The number of unbranched alkanes of at least 4 members (excludes halogenated alkanes) is 3. The maximum absolute atomic E-state index is 12.7. The zero-order valence-corrected chi connectivity index (χ0v) is 20.3. The van der Waals surface area contributed by atoms with Gasteiger partial charge in [-0.25, -0.2) is 0 Å². The lowest BCUT2D eigenvalue weighted by Crippen LogP contribution is -2.56. The number of phenols is 2. The Kier molecular flexibility index (Phi) is 7.43. The molecule has 0 heterocycles. The summed E-state index contributed by atoms with van der Waals surface area (Å²) in [4.78, 5) is 39.6. The van der Waals surface area contributed by atoms with Crippen molar-refractivity contribution in [1.82, 2.24) is 0 Å².